The van der Waals surface area contributed by atoms with Crippen molar-refractivity contribution >= 4 is 27.4 Å². The number of ether oxygens (including phenoxy) is 1. The average Bonchev–Trinajstić information content (AvgIpc) is 2.87. The summed E-state index contributed by atoms with van der Waals surface area (Å²) >= 11 is 1.83. The standard InChI is InChI=1S/C15H19N3OS/c16-13-12-10-3-1-2-4-11(10)20-15(12)18-14(17-13)9-5-7-19-8-6-9/h9H,1-8H2,(H2,16,17,18). The number of nitrogen functional groups attached to an aromatic ring is 1. The zero-order chi connectivity index (χ0) is 13.5. The predicted octanol–water partition coefficient (Wildman–Crippen LogP) is 3.05. The number of thiophene rings is 1. The van der Waals surface area contributed by atoms with Gasteiger partial charge in [-0.3, -0.25) is 0 Å². The highest BCUT2D eigenvalue weighted by molar-refractivity contribution is 7.19. The van der Waals surface area contributed by atoms with Crippen molar-refractivity contribution in [2.45, 2.75) is 44.4 Å². The zero-order valence-corrected chi connectivity index (χ0v) is 12.3. The summed E-state index contributed by atoms with van der Waals surface area (Å²) in [6.07, 6.45) is 6.90. The lowest BCUT2D eigenvalue weighted by molar-refractivity contribution is 0.0837. The van der Waals surface area contributed by atoms with E-state index >= 15 is 0 Å². The van der Waals surface area contributed by atoms with Gasteiger partial charge in [0.05, 0.1) is 5.39 Å². The number of anilines is 1. The predicted molar refractivity (Wildman–Crippen MR) is 81.3 cm³/mol. The monoisotopic (exact) mass is 289 g/mol. The maximum Gasteiger partial charge on any atom is 0.136 e. The number of aromatic nitrogens is 2. The Bertz CT molecular complexity index is 646. The first-order chi connectivity index (χ1) is 9.83. The number of nitrogens with zero attached hydrogens (tertiary/aromatic N) is 2. The minimum Gasteiger partial charge on any atom is -0.383 e. The van der Waals surface area contributed by atoms with Gasteiger partial charge in [0.1, 0.15) is 16.5 Å². The molecule has 0 spiro atoms. The molecule has 4 nitrogen and oxygen atoms in total. The topological polar surface area (TPSA) is 61.0 Å². The van der Waals surface area contributed by atoms with Gasteiger partial charge in [0.15, 0.2) is 0 Å². The van der Waals surface area contributed by atoms with Gasteiger partial charge in [-0.15, -0.1) is 11.3 Å². The molecule has 0 saturated carbocycles. The third-order valence-corrected chi connectivity index (χ3v) is 5.63. The smallest absolute Gasteiger partial charge is 0.136 e. The number of hydrogen-bond acceptors (Lipinski definition) is 5. The molecule has 1 aliphatic heterocycles. The summed E-state index contributed by atoms with van der Waals surface area (Å²) in [5, 5.41) is 1.14. The third kappa shape index (κ3) is 2.00. The van der Waals surface area contributed by atoms with Crippen LogP contribution in [0.3, 0.4) is 0 Å². The summed E-state index contributed by atoms with van der Waals surface area (Å²) in [6, 6.07) is 0. The highest BCUT2D eigenvalue weighted by Gasteiger charge is 2.23. The lowest BCUT2D eigenvalue weighted by Gasteiger charge is -2.20. The van der Waals surface area contributed by atoms with Crippen molar-refractivity contribution in [1.82, 2.24) is 9.97 Å². The summed E-state index contributed by atoms with van der Waals surface area (Å²) in [6.45, 7) is 1.62. The Hall–Kier alpha value is -1.20. The molecule has 0 unspecified atom stereocenters. The second kappa shape index (κ2) is 4.97. The molecule has 1 saturated heterocycles. The molecule has 5 heteroatoms. The van der Waals surface area contributed by atoms with Gasteiger partial charge in [-0.1, -0.05) is 0 Å². The van der Waals surface area contributed by atoms with E-state index in [-0.39, 0.29) is 0 Å². The quantitative estimate of drug-likeness (QED) is 0.876. The van der Waals surface area contributed by atoms with Gasteiger partial charge in [-0.2, -0.15) is 0 Å². The maximum absolute atomic E-state index is 6.26. The van der Waals surface area contributed by atoms with Crippen LogP contribution in [0.2, 0.25) is 0 Å². The first-order valence-electron chi connectivity index (χ1n) is 7.48. The molecule has 2 aliphatic rings. The Labute approximate surface area is 122 Å². The molecule has 2 aromatic rings. The van der Waals surface area contributed by atoms with Gasteiger partial charge in [0.25, 0.3) is 0 Å². The molecule has 0 bridgehead atoms. The van der Waals surface area contributed by atoms with Crippen LogP contribution in [0.1, 0.15) is 47.9 Å². The SMILES string of the molecule is Nc1nc(C2CCOCC2)nc2sc3c(c12)CCCC3. The van der Waals surface area contributed by atoms with Crippen molar-refractivity contribution < 1.29 is 4.74 Å². The summed E-state index contributed by atoms with van der Waals surface area (Å²) in [5.74, 6) is 2.03. The minimum atomic E-state index is 0.412. The van der Waals surface area contributed by atoms with Crippen LogP contribution in [0.15, 0.2) is 0 Å². The second-order valence-electron chi connectivity index (χ2n) is 5.74. The minimum absolute atomic E-state index is 0.412. The molecular formula is C15H19N3OS. The maximum atomic E-state index is 6.26. The van der Waals surface area contributed by atoms with Crippen LogP contribution in [-0.2, 0) is 17.6 Å². The Morgan fingerprint density at radius 3 is 2.75 bits per heavy atom. The molecule has 3 heterocycles. The summed E-state index contributed by atoms with van der Waals surface area (Å²) in [4.78, 5) is 12.0. The van der Waals surface area contributed by atoms with E-state index in [2.05, 4.69) is 4.98 Å². The molecule has 1 fully saturated rings. The highest BCUT2D eigenvalue weighted by atomic mass is 32.1. The number of aryl methyl sites for hydroxylation is 2. The molecule has 106 valence electrons. The largest absolute Gasteiger partial charge is 0.383 e. The van der Waals surface area contributed by atoms with Crippen LogP contribution in [0.25, 0.3) is 10.2 Å². The van der Waals surface area contributed by atoms with E-state index in [1.807, 2.05) is 11.3 Å². The molecule has 0 atom stereocenters. The third-order valence-electron chi connectivity index (χ3n) is 4.45. The van der Waals surface area contributed by atoms with Crippen LogP contribution in [0.4, 0.5) is 5.82 Å². The highest BCUT2D eigenvalue weighted by Crippen LogP contribution is 2.38. The lowest BCUT2D eigenvalue weighted by atomic mass is 9.96. The van der Waals surface area contributed by atoms with Gasteiger partial charge < -0.3 is 10.5 Å². The fourth-order valence-electron chi connectivity index (χ4n) is 3.34. The molecule has 0 aromatic carbocycles. The molecule has 0 amide bonds. The Morgan fingerprint density at radius 1 is 1.10 bits per heavy atom. The van der Waals surface area contributed by atoms with E-state index in [1.54, 1.807) is 0 Å². The van der Waals surface area contributed by atoms with E-state index in [4.69, 9.17) is 15.5 Å². The van der Waals surface area contributed by atoms with Gasteiger partial charge in [-0.05, 0) is 44.1 Å². The fraction of sp³-hybridized carbons (Fsp3) is 0.600. The summed E-state index contributed by atoms with van der Waals surface area (Å²) < 4.78 is 5.42. The van der Waals surface area contributed by atoms with Crippen molar-refractivity contribution in [3.8, 4) is 0 Å². The van der Waals surface area contributed by atoms with Crippen molar-refractivity contribution in [2.24, 2.45) is 0 Å². The summed E-state index contributed by atoms with van der Waals surface area (Å²) in [7, 11) is 0. The van der Waals surface area contributed by atoms with Gasteiger partial charge in [0, 0.05) is 24.0 Å². The molecule has 4 rings (SSSR count). The molecule has 1 aliphatic carbocycles. The van der Waals surface area contributed by atoms with E-state index in [0.717, 1.165) is 48.5 Å². The van der Waals surface area contributed by atoms with Crippen molar-refractivity contribution in [1.29, 1.82) is 0 Å². The molecule has 2 aromatic heterocycles. The molecule has 20 heavy (non-hydrogen) atoms. The van der Waals surface area contributed by atoms with Crippen LogP contribution in [0, 0.1) is 0 Å². The average molecular weight is 289 g/mol. The van der Waals surface area contributed by atoms with Gasteiger partial charge in [-0.25, -0.2) is 9.97 Å². The number of nitrogens with two attached hydrogens (primary N) is 1. The van der Waals surface area contributed by atoms with E-state index < -0.39 is 0 Å². The molecular weight excluding hydrogens is 270 g/mol. The fourth-order valence-corrected chi connectivity index (χ4v) is 4.62. The van der Waals surface area contributed by atoms with Gasteiger partial charge in [0.2, 0.25) is 0 Å². The van der Waals surface area contributed by atoms with Crippen LogP contribution < -0.4 is 5.73 Å². The zero-order valence-electron chi connectivity index (χ0n) is 11.5. The van der Waals surface area contributed by atoms with E-state index in [9.17, 15) is 0 Å². The lowest BCUT2D eigenvalue weighted by Crippen LogP contribution is -2.17. The Morgan fingerprint density at radius 2 is 1.90 bits per heavy atom. The number of hydrogen-bond donors (Lipinski definition) is 1. The van der Waals surface area contributed by atoms with Crippen LogP contribution in [-0.4, -0.2) is 23.2 Å². The normalized spacial score (nSPS) is 20.2. The van der Waals surface area contributed by atoms with Crippen molar-refractivity contribution in [2.75, 3.05) is 18.9 Å². The Kier molecular flexibility index (Phi) is 3.11. The van der Waals surface area contributed by atoms with Gasteiger partial charge >= 0.3 is 0 Å². The van der Waals surface area contributed by atoms with Crippen molar-refractivity contribution in [3.05, 3.63) is 16.3 Å². The van der Waals surface area contributed by atoms with E-state index in [1.165, 1.54) is 29.7 Å². The van der Waals surface area contributed by atoms with E-state index in [0.29, 0.717) is 11.7 Å². The molecule has 0 radical (unpaired) electrons. The second-order valence-corrected chi connectivity index (χ2v) is 6.83. The van der Waals surface area contributed by atoms with Crippen molar-refractivity contribution in [3.63, 3.8) is 0 Å². The number of fused-ring (bicyclic) bond motifs is 3. The summed E-state index contributed by atoms with van der Waals surface area (Å²) in [5.41, 5.74) is 7.68. The first-order valence-corrected chi connectivity index (χ1v) is 8.30. The number of rotatable bonds is 1. The molecule has 2 N–H and O–H groups in total. The first kappa shape index (κ1) is 12.5. The Balaban J connectivity index is 1.81. The van der Waals surface area contributed by atoms with Crippen LogP contribution in [0.5, 0.6) is 0 Å². The van der Waals surface area contributed by atoms with Crippen LogP contribution >= 0.6 is 11.3 Å².